The van der Waals surface area contributed by atoms with E-state index in [1.165, 1.54) is 6.92 Å². The van der Waals surface area contributed by atoms with Crippen LogP contribution in [-0.2, 0) is 21.6 Å². The van der Waals surface area contributed by atoms with E-state index in [-0.39, 0.29) is 37.4 Å². The fourth-order valence-corrected chi connectivity index (χ4v) is 3.07. The van der Waals surface area contributed by atoms with Crippen LogP contribution in [0, 0.1) is 6.92 Å². The number of nitrogens with one attached hydrogen (secondary N) is 2. The Morgan fingerprint density at radius 1 is 1.43 bits per heavy atom. The highest BCUT2D eigenvalue weighted by atomic mass is 16.5. The number of carbonyl (C=O) groups is 1. The zero-order valence-electron chi connectivity index (χ0n) is 15.5. The molecule has 2 heterocycles. The Balaban J connectivity index is 1.81. The number of aryl methyl sites for hydroxylation is 1. The van der Waals surface area contributed by atoms with Crippen molar-refractivity contribution in [2.75, 3.05) is 13.2 Å². The van der Waals surface area contributed by atoms with Gasteiger partial charge in [0.1, 0.15) is 18.0 Å². The second-order valence-corrected chi connectivity index (χ2v) is 6.77. The molecule has 9 heteroatoms. The first-order valence-electron chi connectivity index (χ1n) is 8.95. The van der Waals surface area contributed by atoms with Crippen molar-refractivity contribution in [3.8, 4) is 5.75 Å². The van der Waals surface area contributed by atoms with Crippen LogP contribution in [0.15, 0.2) is 35.1 Å². The van der Waals surface area contributed by atoms with Crippen LogP contribution in [0.5, 0.6) is 5.75 Å². The van der Waals surface area contributed by atoms with E-state index in [0.29, 0.717) is 12.8 Å². The lowest BCUT2D eigenvalue weighted by Crippen LogP contribution is -2.54. The number of aromatic hydroxyl groups is 1. The van der Waals surface area contributed by atoms with E-state index in [1.807, 2.05) is 30.3 Å². The number of hydrogen-bond donors (Lipinski definition) is 4. The number of aromatic nitrogens is 2. The first kappa shape index (κ1) is 19.8. The van der Waals surface area contributed by atoms with Gasteiger partial charge in [0.15, 0.2) is 0 Å². The van der Waals surface area contributed by atoms with E-state index in [1.54, 1.807) is 0 Å². The highest BCUT2D eigenvalue weighted by Gasteiger charge is 2.42. The number of alkyl carbamates (subject to hydrolysis) is 1. The minimum absolute atomic E-state index is 0.00812. The van der Waals surface area contributed by atoms with Crippen molar-refractivity contribution in [2.24, 2.45) is 0 Å². The summed E-state index contributed by atoms with van der Waals surface area (Å²) in [6, 6.07) is 9.22. The van der Waals surface area contributed by atoms with Crippen LogP contribution in [-0.4, -0.2) is 45.6 Å². The predicted octanol–water partition coefficient (Wildman–Crippen LogP) is 1.08. The highest BCUT2D eigenvalue weighted by molar-refractivity contribution is 5.68. The van der Waals surface area contributed by atoms with Crippen LogP contribution in [0.4, 0.5) is 4.79 Å². The molecule has 3 rings (SSSR count). The smallest absolute Gasteiger partial charge is 0.408 e. The number of hydrogen-bond acceptors (Lipinski definition) is 7. The monoisotopic (exact) mass is 389 g/mol. The molecule has 9 nitrogen and oxygen atoms in total. The average Bonchev–Trinajstić information content (AvgIpc) is 2.71. The number of ether oxygens (including phenoxy) is 2. The van der Waals surface area contributed by atoms with E-state index < -0.39 is 22.9 Å². The number of nitrogens with zero attached hydrogens (tertiary/aromatic N) is 1. The number of aliphatic hydroxyl groups excluding tert-OH is 1. The summed E-state index contributed by atoms with van der Waals surface area (Å²) < 4.78 is 10.9. The van der Waals surface area contributed by atoms with Gasteiger partial charge in [-0.05, 0) is 25.3 Å². The summed E-state index contributed by atoms with van der Waals surface area (Å²) >= 11 is 0. The molecule has 1 aromatic carbocycles. The van der Waals surface area contributed by atoms with Crippen LogP contribution in [0.25, 0.3) is 0 Å². The summed E-state index contributed by atoms with van der Waals surface area (Å²) in [6.45, 7) is 1.43. The van der Waals surface area contributed by atoms with Gasteiger partial charge < -0.3 is 30.0 Å². The van der Waals surface area contributed by atoms with Crippen molar-refractivity contribution in [3.05, 3.63) is 57.8 Å². The van der Waals surface area contributed by atoms with Crippen molar-refractivity contribution in [1.82, 2.24) is 15.3 Å². The molecule has 0 spiro atoms. The number of H-pyrrole nitrogens is 1. The molecule has 1 aliphatic heterocycles. The van der Waals surface area contributed by atoms with Crippen molar-refractivity contribution < 1.29 is 24.5 Å². The predicted molar refractivity (Wildman–Crippen MR) is 98.8 cm³/mol. The summed E-state index contributed by atoms with van der Waals surface area (Å²) in [5.74, 6) is -0.309. The van der Waals surface area contributed by atoms with Crippen LogP contribution < -0.4 is 10.9 Å². The molecular formula is C19H23N3O6. The normalized spacial score (nSPS) is 21.9. The van der Waals surface area contributed by atoms with Gasteiger partial charge in [-0.1, -0.05) is 30.3 Å². The number of benzene rings is 1. The van der Waals surface area contributed by atoms with Crippen molar-refractivity contribution in [1.29, 1.82) is 0 Å². The second-order valence-electron chi connectivity index (χ2n) is 6.77. The molecule has 2 aromatic rings. The maximum atomic E-state index is 12.4. The Hall–Kier alpha value is -2.91. The second kappa shape index (κ2) is 8.41. The zero-order chi connectivity index (χ0) is 20.1. The number of aromatic amines is 1. The number of amides is 1. The number of carbonyl (C=O) groups excluding carboxylic acids is 1. The first-order valence-corrected chi connectivity index (χ1v) is 8.95. The van der Waals surface area contributed by atoms with Gasteiger partial charge in [0.05, 0.1) is 25.0 Å². The Kier molecular flexibility index (Phi) is 5.96. The molecule has 1 fully saturated rings. The molecule has 1 aromatic heterocycles. The molecule has 150 valence electrons. The molecule has 1 aliphatic rings. The standard InChI is InChI=1S/C19H23N3O6/c1-12-15(24)16(25)21-17(20-12)19(8-7-14(9-23)28-11-19)22-18(26)27-10-13-5-3-2-4-6-13/h2-6,14,23-24H,7-11H2,1H3,(H,22,26)(H,20,21,25). The average molecular weight is 389 g/mol. The van der Waals surface area contributed by atoms with E-state index in [0.717, 1.165) is 5.56 Å². The van der Waals surface area contributed by atoms with Gasteiger partial charge in [-0.25, -0.2) is 9.78 Å². The van der Waals surface area contributed by atoms with Crippen LogP contribution in [0.3, 0.4) is 0 Å². The largest absolute Gasteiger partial charge is 0.502 e. The number of aliphatic hydroxyl groups is 1. The van der Waals surface area contributed by atoms with Gasteiger partial charge in [0.2, 0.25) is 5.75 Å². The fourth-order valence-electron chi connectivity index (χ4n) is 3.07. The maximum absolute atomic E-state index is 12.4. The number of rotatable bonds is 5. The molecule has 0 aliphatic carbocycles. The Morgan fingerprint density at radius 3 is 2.79 bits per heavy atom. The molecule has 1 saturated heterocycles. The fraction of sp³-hybridized carbons (Fsp3) is 0.421. The molecule has 4 N–H and O–H groups in total. The molecule has 0 saturated carbocycles. The van der Waals surface area contributed by atoms with Gasteiger partial charge in [-0.3, -0.25) is 4.79 Å². The first-order chi connectivity index (χ1) is 13.4. The highest BCUT2D eigenvalue weighted by Crippen LogP contribution is 2.31. The third-order valence-electron chi connectivity index (χ3n) is 4.74. The Bertz CT molecular complexity index is 875. The summed E-state index contributed by atoms with van der Waals surface area (Å²) in [4.78, 5) is 31.2. The quantitative estimate of drug-likeness (QED) is 0.601. The molecule has 0 bridgehead atoms. The summed E-state index contributed by atoms with van der Waals surface area (Å²) in [5.41, 5.74) is -0.872. The van der Waals surface area contributed by atoms with E-state index in [4.69, 9.17) is 9.47 Å². The van der Waals surface area contributed by atoms with Gasteiger partial charge in [0.25, 0.3) is 5.56 Å². The van der Waals surface area contributed by atoms with E-state index in [9.17, 15) is 19.8 Å². The lowest BCUT2D eigenvalue weighted by molar-refractivity contribution is -0.0655. The van der Waals surface area contributed by atoms with Crippen molar-refractivity contribution in [2.45, 2.75) is 38.0 Å². The van der Waals surface area contributed by atoms with Crippen molar-refractivity contribution >= 4 is 6.09 Å². The lowest BCUT2D eigenvalue weighted by Gasteiger charge is -2.39. The van der Waals surface area contributed by atoms with Crippen LogP contribution >= 0.6 is 0 Å². The van der Waals surface area contributed by atoms with E-state index >= 15 is 0 Å². The summed E-state index contributed by atoms with van der Waals surface area (Å²) in [7, 11) is 0. The molecule has 1 amide bonds. The molecule has 0 radical (unpaired) electrons. The summed E-state index contributed by atoms with van der Waals surface area (Å²) in [6.07, 6.45) is -0.242. The Morgan fingerprint density at radius 2 is 2.18 bits per heavy atom. The van der Waals surface area contributed by atoms with Crippen molar-refractivity contribution in [3.63, 3.8) is 0 Å². The van der Waals surface area contributed by atoms with Gasteiger partial charge in [-0.15, -0.1) is 0 Å². The minimum atomic E-state index is -1.14. The lowest BCUT2D eigenvalue weighted by atomic mass is 9.89. The van der Waals surface area contributed by atoms with Gasteiger partial charge >= 0.3 is 6.09 Å². The molecule has 2 atom stereocenters. The van der Waals surface area contributed by atoms with Crippen LogP contribution in [0.2, 0.25) is 0 Å². The van der Waals surface area contributed by atoms with Gasteiger partial charge in [-0.2, -0.15) is 0 Å². The van der Waals surface area contributed by atoms with E-state index in [2.05, 4.69) is 15.3 Å². The molecular weight excluding hydrogens is 366 g/mol. The van der Waals surface area contributed by atoms with Gasteiger partial charge in [0, 0.05) is 0 Å². The topological polar surface area (TPSA) is 134 Å². The molecule has 2 unspecified atom stereocenters. The SMILES string of the molecule is Cc1nc(C2(NC(=O)OCc3ccccc3)CCC(CO)OC2)[nH]c(=O)c1O. The molecule has 28 heavy (non-hydrogen) atoms. The third-order valence-corrected chi connectivity index (χ3v) is 4.74. The minimum Gasteiger partial charge on any atom is -0.502 e. The zero-order valence-corrected chi connectivity index (χ0v) is 15.5. The summed E-state index contributed by atoms with van der Waals surface area (Å²) in [5, 5.41) is 21.8. The third kappa shape index (κ3) is 4.32. The maximum Gasteiger partial charge on any atom is 0.408 e. The Labute approximate surface area is 161 Å². The van der Waals surface area contributed by atoms with Crippen LogP contribution in [0.1, 0.15) is 29.9 Å².